The van der Waals surface area contributed by atoms with Crippen LogP contribution in [0.4, 0.5) is 0 Å². The van der Waals surface area contributed by atoms with Crippen LogP contribution in [0.2, 0.25) is 0 Å². The molecule has 1 aliphatic rings. The summed E-state index contributed by atoms with van der Waals surface area (Å²) in [5, 5.41) is 3.24. The third-order valence-corrected chi connectivity index (χ3v) is 5.02. The van der Waals surface area contributed by atoms with E-state index in [1.165, 1.54) is 48.5 Å². The molecule has 1 aromatic carbocycles. The Morgan fingerprint density at radius 3 is 2.55 bits per heavy atom. The largest absolute Gasteiger partial charge is 0.297 e. The summed E-state index contributed by atoms with van der Waals surface area (Å²) < 4.78 is 0. The van der Waals surface area contributed by atoms with E-state index in [9.17, 15) is 0 Å². The molecule has 2 aromatic rings. The summed E-state index contributed by atoms with van der Waals surface area (Å²) in [6.07, 6.45) is 6.94. The second-order valence-electron chi connectivity index (χ2n) is 5.62. The highest BCUT2D eigenvalue weighted by atomic mass is 32.1. The minimum atomic E-state index is 0.546. The predicted molar refractivity (Wildman–Crippen MR) is 85.2 cm³/mol. The summed E-state index contributed by atoms with van der Waals surface area (Å²) in [5.74, 6) is 0. The second kappa shape index (κ2) is 6.51. The zero-order valence-corrected chi connectivity index (χ0v) is 12.9. The Bertz CT molecular complexity index is 512. The maximum Gasteiger partial charge on any atom is 0.0968 e. The van der Waals surface area contributed by atoms with Crippen molar-refractivity contribution in [3.63, 3.8) is 0 Å². The van der Waals surface area contributed by atoms with Gasteiger partial charge in [-0.3, -0.25) is 4.90 Å². The van der Waals surface area contributed by atoms with E-state index in [0.29, 0.717) is 6.04 Å². The first-order valence-corrected chi connectivity index (χ1v) is 8.42. The van der Waals surface area contributed by atoms with Gasteiger partial charge in [-0.25, -0.2) is 4.98 Å². The van der Waals surface area contributed by atoms with Crippen molar-refractivity contribution < 1.29 is 0 Å². The lowest BCUT2D eigenvalue weighted by molar-refractivity contribution is 0.175. The summed E-state index contributed by atoms with van der Waals surface area (Å²) in [7, 11) is 0. The normalized spacial score (nSPS) is 18.1. The van der Waals surface area contributed by atoms with Crippen LogP contribution in [0.5, 0.6) is 0 Å². The average molecular weight is 286 g/mol. The van der Waals surface area contributed by atoms with E-state index in [0.717, 1.165) is 6.42 Å². The summed E-state index contributed by atoms with van der Waals surface area (Å²) in [6.45, 7) is 4.84. The fourth-order valence-corrected chi connectivity index (χ4v) is 3.60. The molecule has 0 amide bonds. The van der Waals surface area contributed by atoms with Gasteiger partial charge < -0.3 is 0 Å². The van der Waals surface area contributed by atoms with Crippen LogP contribution < -0.4 is 0 Å². The molecule has 0 radical (unpaired) electrons. The zero-order chi connectivity index (χ0) is 13.8. The Hall–Kier alpha value is -1.19. The van der Waals surface area contributed by atoms with Crippen molar-refractivity contribution in [1.82, 2.24) is 9.88 Å². The molecule has 0 N–H and O–H groups in total. The van der Waals surface area contributed by atoms with Crippen molar-refractivity contribution >= 4 is 11.3 Å². The SMILES string of the molecule is CC(c1ccc(Cc2nccs2)cc1)N1CCCCC1. The zero-order valence-electron chi connectivity index (χ0n) is 12.1. The Labute approximate surface area is 125 Å². The lowest BCUT2D eigenvalue weighted by atomic mass is 10.0. The molecule has 0 saturated carbocycles. The number of piperidine rings is 1. The Balaban J connectivity index is 1.65. The number of likely N-dealkylation sites (tertiary alicyclic amines) is 1. The lowest BCUT2D eigenvalue weighted by Gasteiger charge is -2.32. The molecule has 3 rings (SSSR count). The van der Waals surface area contributed by atoms with E-state index in [-0.39, 0.29) is 0 Å². The minimum Gasteiger partial charge on any atom is -0.297 e. The smallest absolute Gasteiger partial charge is 0.0968 e. The van der Waals surface area contributed by atoms with Gasteiger partial charge in [0.15, 0.2) is 0 Å². The molecule has 0 spiro atoms. The predicted octanol–water partition coefficient (Wildman–Crippen LogP) is 4.28. The first kappa shape index (κ1) is 13.8. The van der Waals surface area contributed by atoms with Crippen LogP contribution >= 0.6 is 11.3 Å². The fourth-order valence-electron chi connectivity index (χ4n) is 2.95. The molecular weight excluding hydrogens is 264 g/mol. The van der Waals surface area contributed by atoms with E-state index < -0.39 is 0 Å². The van der Waals surface area contributed by atoms with Crippen LogP contribution in [0.15, 0.2) is 35.8 Å². The van der Waals surface area contributed by atoms with Gasteiger partial charge in [-0.1, -0.05) is 30.7 Å². The van der Waals surface area contributed by atoms with E-state index in [1.54, 1.807) is 11.3 Å². The summed E-state index contributed by atoms with van der Waals surface area (Å²) in [6, 6.07) is 9.66. The minimum absolute atomic E-state index is 0.546. The van der Waals surface area contributed by atoms with Crippen LogP contribution in [0.25, 0.3) is 0 Å². The van der Waals surface area contributed by atoms with Gasteiger partial charge in [-0.2, -0.15) is 0 Å². The van der Waals surface area contributed by atoms with Crippen LogP contribution in [-0.4, -0.2) is 23.0 Å². The highest BCUT2D eigenvalue weighted by molar-refractivity contribution is 7.09. The molecule has 0 aliphatic carbocycles. The second-order valence-corrected chi connectivity index (χ2v) is 6.60. The van der Waals surface area contributed by atoms with Crippen molar-refractivity contribution in [2.24, 2.45) is 0 Å². The number of benzene rings is 1. The van der Waals surface area contributed by atoms with Crippen molar-refractivity contribution in [3.8, 4) is 0 Å². The molecule has 1 aliphatic heterocycles. The molecule has 0 bridgehead atoms. The monoisotopic (exact) mass is 286 g/mol. The molecular formula is C17H22N2S. The van der Waals surface area contributed by atoms with Gasteiger partial charge in [0.25, 0.3) is 0 Å². The topological polar surface area (TPSA) is 16.1 Å². The first-order valence-electron chi connectivity index (χ1n) is 7.54. The molecule has 1 unspecified atom stereocenters. The third-order valence-electron chi connectivity index (χ3n) is 4.24. The molecule has 106 valence electrons. The van der Waals surface area contributed by atoms with Crippen molar-refractivity contribution in [2.45, 2.75) is 38.6 Å². The van der Waals surface area contributed by atoms with E-state index in [2.05, 4.69) is 41.1 Å². The number of aromatic nitrogens is 1. The molecule has 1 fully saturated rings. The molecule has 2 heterocycles. The molecule has 3 heteroatoms. The maximum absolute atomic E-state index is 4.35. The molecule has 1 saturated heterocycles. The van der Waals surface area contributed by atoms with Gasteiger partial charge in [-0.05, 0) is 44.0 Å². The molecule has 1 atom stereocenters. The number of rotatable bonds is 4. The van der Waals surface area contributed by atoms with Gasteiger partial charge in [0.05, 0.1) is 5.01 Å². The Kier molecular flexibility index (Phi) is 4.48. The van der Waals surface area contributed by atoms with E-state index in [1.807, 2.05) is 11.6 Å². The van der Waals surface area contributed by atoms with Crippen molar-refractivity contribution in [3.05, 3.63) is 52.0 Å². The number of hydrogen-bond acceptors (Lipinski definition) is 3. The third kappa shape index (κ3) is 3.28. The van der Waals surface area contributed by atoms with Crippen LogP contribution in [0.1, 0.15) is 48.4 Å². The maximum atomic E-state index is 4.35. The molecule has 20 heavy (non-hydrogen) atoms. The van der Waals surface area contributed by atoms with Crippen molar-refractivity contribution in [2.75, 3.05) is 13.1 Å². The fraction of sp³-hybridized carbons (Fsp3) is 0.471. The van der Waals surface area contributed by atoms with Gasteiger partial charge in [0, 0.05) is 24.0 Å². The van der Waals surface area contributed by atoms with E-state index >= 15 is 0 Å². The van der Waals surface area contributed by atoms with Gasteiger partial charge >= 0.3 is 0 Å². The van der Waals surface area contributed by atoms with Gasteiger partial charge in [0.1, 0.15) is 0 Å². The number of nitrogens with zero attached hydrogens (tertiary/aromatic N) is 2. The molecule has 1 aromatic heterocycles. The Morgan fingerprint density at radius 1 is 1.15 bits per heavy atom. The van der Waals surface area contributed by atoms with Crippen LogP contribution in [0, 0.1) is 0 Å². The lowest BCUT2D eigenvalue weighted by Crippen LogP contribution is -2.32. The summed E-state index contributed by atoms with van der Waals surface area (Å²) in [5.41, 5.74) is 2.80. The number of thiazole rings is 1. The van der Waals surface area contributed by atoms with Gasteiger partial charge in [0.2, 0.25) is 0 Å². The molecule has 2 nitrogen and oxygen atoms in total. The van der Waals surface area contributed by atoms with Gasteiger partial charge in [-0.15, -0.1) is 11.3 Å². The van der Waals surface area contributed by atoms with E-state index in [4.69, 9.17) is 0 Å². The average Bonchev–Trinajstić information content (AvgIpc) is 3.01. The van der Waals surface area contributed by atoms with Crippen LogP contribution in [0.3, 0.4) is 0 Å². The standard InChI is InChI=1S/C17H22N2S/c1-14(19-10-3-2-4-11-19)16-7-5-15(6-8-16)13-17-18-9-12-20-17/h5-9,12,14H,2-4,10-11,13H2,1H3. The summed E-state index contributed by atoms with van der Waals surface area (Å²) >= 11 is 1.73. The first-order chi connectivity index (χ1) is 9.83. The quantitative estimate of drug-likeness (QED) is 0.834. The van der Waals surface area contributed by atoms with Crippen LogP contribution in [-0.2, 0) is 6.42 Å². The highest BCUT2D eigenvalue weighted by Gasteiger charge is 2.17. The highest BCUT2D eigenvalue weighted by Crippen LogP contribution is 2.24. The number of hydrogen-bond donors (Lipinski definition) is 0. The van der Waals surface area contributed by atoms with Crippen molar-refractivity contribution in [1.29, 1.82) is 0 Å². The summed E-state index contributed by atoms with van der Waals surface area (Å²) in [4.78, 5) is 6.96. The Morgan fingerprint density at radius 2 is 1.90 bits per heavy atom.